The van der Waals surface area contributed by atoms with Gasteiger partial charge in [-0.05, 0) is 55.2 Å². The van der Waals surface area contributed by atoms with Crippen LogP contribution in [0.25, 0.3) is 0 Å². The van der Waals surface area contributed by atoms with Crippen molar-refractivity contribution in [2.75, 3.05) is 13.2 Å². The third kappa shape index (κ3) is 7.74. The molecular weight excluding hydrogens is 495 g/mol. The molecular formula is C29H32Cl2N2O3. The Morgan fingerprint density at radius 3 is 2.36 bits per heavy atom. The van der Waals surface area contributed by atoms with Gasteiger partial charge in [0, 0.05) is 19.5 Å². The quantitative estimate of drug-likeness (QED) is 0.325. The molecule has 0 spiro atoms. The highest BCUT2D eigenvalue weighted by Gasteiger charge is 2.30. The molecule has 0 aliphatic heterocycles. The van der Waals surface area contributed by atoms with Gasteiger partial charge in [0.25, 0.3) is 5.91 Å². The lowest BCUT2D eigenvalue weighted by Gasteiger charge is -2.31. The molecule has 0 bridgehead atoms. The first-order valence-electron chi connectivity index (χ1n) is 12.0. The monoisotopic (exact) mass is 526 g/mol. The Labute approximate surface area is 223 Å². The summed E-state index contributed by atoms with van der Waals surface area (Å²) in [6.07, 6.45) is 1.16. The largest absolute Gasteiger partial charge is 0.483 e. The minimum Gasteiger partial charge on any atom is -0.483 e. The average Bonchev–Trinajstić information content (AvgIpc) is 2.86. The Bertz CT molecular complexity index is 1180. The lowest BCUT2D eigenvalue weighted by molar-refractivity contribution is -0.142. The van der Waals surface area contributed by atoms with Crippen molar-refractivity contribution in [3.63, 3.8) is 0 Å². The van der Waals surface area contributed by atoms with Gasteiger partial charge in [-0.2, -0.15) is 0 Å². The highest BCUT2D eigenvalue weighted by molar-refractivity contribution is 6.42. The summed E-state index contributed by atoms with van der Waals surface area (Å²) in [6.45, 7) is 6.45. The van der Waals surface area contributed by atoms with Gasteiger partial charge in [0.1, 0.15) is 11.8 Å². The van der Waals surface area contributed by atoms with Gasteiger partial charge in [-0.1, -0.05) is 84.2 Å². The minimum absolute atomic E-state index is 0.184. The van der Waals surface area contributed by atoms with Gasteiger partial charge in [-0.15, -0.1) is 0 Å². The number of carbonyl (C=O) groups is 2. The second-order valence-corrected chi connectivity index (χ2v) is 9.64. The zero-order valence-corrected chi connectivity index (χ0v) is 22.4. The van der Waals surface area contributed by atoms with Crippen LogP contribution in [0.3, 0.4) is 0 Å². The van der Waals surface area contributed by atoms with E-state index in [4.69, 9.17) is 27.9 Å². The molecule has 3 aromatic rings. The Kier molecular flexibility index (Phi) is 10.2. The van der Waals surface area contributed by atoms with Gasteiger partial charge in [0.15, 0.2) is 6.61 Å². The number of carbonyl (C=O) groups excluding carboxylic acids is 2. The van der Waals surface area contributed by atoms with Gasteiger partial charge in [0.2, 0.25) is 5.91 Å². The van der Waals surface area contributed by atoms with Gasteiger partial charge >= 0.3 is 0 Å². The number of nitrogens with one attached hydrogen (secondary N) is 1. The van der Waals surface area contributed by atoms with E-state index in [1.54, 1.807) is 17.0 Å². The van der Waals surface area contributed by atoms with Gasteiger partial charge in [-0.25, -0.2) is 0 Å². The molecule has 0 radical (unpaired) electrons. The van der Waals surface area contributed by atoms with Crippen LogP contribution in [0.15, 0.2) is 66.7 Å². The van der Waals surface area contributed by atoms with Gasteiger partial charge in [-0.3, -0.25) is 9.59 Å². The normalized spacial score (nSPS) is 11.6. The van der Waals surface area contributed by atoms with E-state index in [2.05, 4.69) is 5.32 Å². The molecule has 1 atom stereocenters. The zero-order valence-electron chi connectivity index (χ0n) is 20.9. The number of amides is 2. The number of halogens is 2. The summed E-state index contributed by atoms with van der Waals surface area (Å²) in [4.78, 5) is 28.5. The zero-order chi connectivity index (χ0) is 26.1. The lowest BCUT2D eigenvalue weighted by Crippen LogP contribution is -2.51. The second-order valence-electron chi connectivity index (χ2n) is 8.82. The minimum atomic E-state index is -0.733. The molecule has 0 heterocycles. The molecule has 7 heteroatoms. The number of nitrogens with zero attached hydrogens (tertiary/aromatic N) is 1. The number of rotatable bonds is 11. The van der Waals surface area contributed by atoms with Crippen molar-refractivity contribution < 1.29 is 14.3 Å². The summed E-state index contributed by atoms with van der Waals surface area (Å²) in [6, 6.07) is 20.0. The van der Waals surface area contributed by atoms with E-state index >= 15 is 0 Å². The van der Waals surface area contributed by atoms with Crippen LogP contribution in [0.1, 0.15) is 35.6 Å². The number of hydrogen-bond donors (Lipinski definition) is 1. The highest BCUT2D eigenvalue weighted by Crippen LogP contribution is 2.25. The Balaban J connectivity index is 1.92. The highest BCUT2D eigenvalue weighted by atomic mass is 35.5. The topological polar surface area (TPSA) is 58.6 Å². The SMILES string of the molecule is CCCNC(=O)[C@@H](Cc1ccccc1)N(Cc1ccc(Cl)c(Cl)c1)C(=O)COc1ccc(C)cc1C. The fourth-order valence-electron chi connectivity index (χ4n) is 3.94. The first-order chi connectivity index (χ1) is 17.3. The van der Waals surface area contributed by atoms with Crippen LogP contribution >= 0.6 is 23.2 Å². The maximum absolute atomic E-state index is 13.6. The van der Waals surface area contributed by atoms with E-state index in [0.717, 1.165) is 28.7 Å². The van der Waals surface area contributed by atoms with E-state index < -0.39 is 6.04 Å². The molecule has 0 saturated carbocycles. The molecule has 1 N–H and O–H groups in total. The molecule has 5 nitrogen and oxygen atoms in total. The Morgan fingerprint density at radius 2 is 1.69 bits per heavy atom. The predicted octanol–water partition coefficient (Wildman–Crippen LogP) is 6.16. The predicted molar refractivity (Wildman–Crippen MR) is 146 cm³/mol. The summed E-state index contributed by atoms with van der Waals surface area (Å²) in [5.74, 6) is 0.132. The summed E-state index contributed by atoms with van der Waals surface area (Å²) < 4.78 is 5.91. The molecule has 0 unspecified atom stereocenters. The van der Waals surface area contributed by atoms with Gasteiger partial charge in [0.05, 0.1) is 10.0 Å². The smallest absolute Gasteiger partial charge is 0.261 e. The van der Waals surface area contributed by atoms with Crippen molar-refractivity contribution in [1.82, 2.24) is 10.2 Å². The summed E-state index contributed by atoms with van der Waals surface area (Å²) in [5.41, 5.74) is 3.78. The van der Waals surface area contributed by atoms with E-state index in [1.165, 1.54) is 0 Å². The van der Waals surface area contributed by atoms with Crippen LogP contribution < -0.4 is 10.1 Å². The molecule has 0 fully saturated rings. The standard InChI is InChI=1S/C29H32Cl2N2O3/c1-4-14-32-29(35)26(17-22-8-6-5-7-9-22)33(18-23-11-12-24(30)25(31)16-23)28(34)19-36-27-13-10-20(2)15-21(27)3/h5-13,15-16,26H,4,14,17-19H2,1-3H3,(H,32,35)/t26-/m1/s1. The lowest BCUT2D eigenvalue weighted by atomic mass is 10.0. The molecule has 3 rings (SSSR count). The molecule has 0 aliphatic carbocycles. The van der Waals surface area contributed by atoms with Crippen molar-refractivity contribution >= 4 is 35.0 Å². The molecule has 0 saturated heterocycles. The Morgan fingerprint density at radius 1 is 0.944 bits per heavy atom. The molecule has 0 aliphatic rings. The Hall–Kier alpha value is -3.02. The van der Waals surface area contributed by atoms with Crippen LogP contribution in [0.4, 0.5) is 0 Å². The van der Waals surface area contributed by atoms with Crippen LogP contribution in [0.5, 0.6) is 5.75 Å². The van der Waals surface area contributed by atoms with Crippen molar-refractivity contribution in [3.8, 4) is 5.75 Å². The number of aryl methyl sites for hydroxylation is 2. The van der Waals surface area contributed by atoms with Crippen LogP contribution in [0, 0.1) is 13.8 Å². The van der Waals surface area contributed by atoms with E-state index in [9.17, 15) is 9.59 Å². The van der Waals surface area contributed by atoms with E-state index in [-0.39, 0.29) is 25.0 Å². The second kappa shape index (κ2) is 13.3. The first kappa shape index (κ1) is 27.6. The van der Waals surface area contributed by atoms with Crippen molar-refractivity contribution in [2.45, 2.75) is 46.2 Å². The molecule has 3 aromatic carbocycles. The fourth-order valence-corrected chi connectivity index (χ4v) is 4.26. The average molecular weight is 527 g/mol. The fraction of sp³-hybridized carbons (Fsp3) is 0.310. The number of benzene rings is 3. The van der Waals surface area contributed by atoms with Crippen molar-refractivity contribution in [3.05, 3.63) is 99.0 Å². The maximum atomic E-state index is 13.6. The third-order valence-corrected chi connectivity index (χ3v) is 6.58. The van der Waals surface area contributed by atoms with Crippen molar-refractivity contribution in [2.24, 2.45) is 0 Å². The first-order valence-corrected chi connectivity index (χ1v) is 12.8. The van der Waals surface area contributed by atoms with Crippen LogP contribution in [-0.2, 0) is 22.6 Å². The number of ether oxygens (including phenoxy) is 1. The van der Waals surface area contributed by atoms with Crippen LogP contribution in [0.2, 0.25) is 10.0 Å². The third-order valence-electron chi connectivity index (χ3n) is 5.84. The summed E-state index contributed by atoms with van der Waals surface area (Å²) >= 11 is 12.4. The molecule has 190 valence electrons. The summed E-state index contributed by atoms with van der Waals surface area (Å²) in [7, 11) is 0. The van der Waals surface area contributed by atoms with E-state index in [0.29, 0.717) is 28.8 Å². The number of hydrogen-bond acceptors (Lipinski definition) is 3. The summed E-state index contributed by atoms with van der Waals surface area (Å²) in [5, 5.41) is 3.78. The molecule has 2 amide bonds. The van der Waals surface area contributed by atoms with Gasteiger partial charge < -0.3 is 15.0 Å². The maximum Gasteiger partial charge on any atom is 0.261 e. The van der Waals surface area contributed by atoms with E-state index in [1.807, 2.05) is 75.4 Å². The molecule has 0 aromatic heterocycles. The van der Waals surface area contributed by atoms with Crippen LogP contribution in [-0.4, -0.2) is 35.9 Å². The van der Waals surface area contributed by atoms with Crippen molar-refractivity contribution in [1.29, 1.82) is 0 Å². The molecule has 36 heavy (non-hydrogen) atoms.